The van der Waals surface area contributed by atoms with Crippen molar-refractivity contribution in [1.82, 2.24) is 10.2 Å². The van der Waals surface area contributed by atoms with Crippen molar-refractivity contribution in [2.75, 3.05) is 24.5 Å². The maximum atomic E-state index is 13.9. The summed E-state index contributed by atoms with van der Waals surface area (Å²) in [6, 6.07) is 15.8. The van der Waals surface area contributed by atoms with Gasteiger partial charge in [-0.1, -0.05) is 47.8 Å². The van der Waals surface area contributed by atoms with Crippen LogP contribution in [0.25, 0.3) is 0 Å². The summed E-state index contributed by atoms with van der Waals surface area (Å²) in [5, 5.41) is 3.92. The highest BCUT2D eigenvalue weighted by Gasteiger charge is 2.32. The van der Waals surface area contributed by atoms with Crippen LogP contribution in [0, 0.1) is 0 Å². The predicted molar refractivity (Wildman–Crippen MR) is 159 cm³/mol. The molecule has 8 nitrogen and oxygen atoms in total. The van der Waals surface area contributed by atoms with E-state index in [0.29, 0.717) is 39.3 Å². The molecular formula is C28H30Cl3N3O5S. The van der Waals surface area contributed by atoms with Crippen LogP contribution in [0.2, 0.25) is 15.1 Å². The topological polar surface area (TPSA) is 96.0 Å². The van der Waals surface area contributed by atoms with Crippen LogP contribution >= 0.6 is 34.8 Å². The molecule has 1 atom stereocenters. The largest absolute Gasteiger partial charge is 0.497 e. The van der Waals surface area contributed by atoms with Gasteiger partial charge in [0.15, 0.2) is 0 Å². The third kappa shape index (κ3) is 7.81. The monoisotopic (exact) mass is 625 g/mol. The van der Waals surface area contributed by atoms with Gasteiger partial charge in [0.1, 0.15) is 18.3 Å². The van der Waals surface area contributed by atoms with Crippen molar-refractivity contribution < 1.29 is 22.7 Å². The van der Waals surface area contributed by atoms with E-state index in [1.54, 1.807) is 19.1 Å². The molecular weight excluding hydrogens is 597 g/mol. The molecule has 0 spiro atoms. The smallest absolute Gasteiger partial charge is 0.264 e. The van der Waals surface area contributed by atoms with E-state index >= 15 is 0 Å². The van der Waals surface area contributed by atoms with Crippen LogP contribution in [0.5, 0.6) is 5.75 Å². The third-order valence-corrected chi connectivity index (χ3v) is 8.74. The SMILES string of the molecule is CCCNC(=O)[C@@H](C)N(Cc1ccc(Cl)cc1Cl)C(=O)CN(c1ccc(Cl)cc1)S(=O)(=O)c1ccc(OC)cc1. The molecule has 1 N–H and O–H groups in total. The van der Waals surface area contributed by atoms with Gasteiger partial charge in [0.2, 0.25) is 11.8 Å². The summed E-state index contributed by atoms with van der Waals surface area (Å²) in [6.45, 7) is 3.28. The van der Waals surface area contributed by atoms with E-state index in [4.69, 9.17) is 39.5 Å². The van der Waals surface area contributed by atoms with Gasteiger partial charge >= 0.3 is 0 Å². The first kappa shape index (κ1) is 31.5. The molecule has 0 aromatic heterocycles. The van der Waals surface area contributed by atoms with Gasteiger partial charge in [-0.2, -0.15) is 0 Å². The zero-order valence-electron chi connectivity index (χ0n) is 22.2. The molecule has 0 fully saturated rings. The molecule has 2 amide bonds. The summed E-state index contributed by atoms with van der Waals surface area (Å²) in [5.74, 6) is -0.514. The average molecular weight is 627 g/mol. The Kier molecular flexibility index (Phi) is 11.1. The molecule has 3 aromatic carbocycles. The van der Waals surface area contributed by atoms with E-state index in [-0.39, 0.29) is 23.0 Å². The number of amides is 2. The summed E-state index contributed by atoms with van der Waals surface area (Å²) in [6.07, 6.45) is 0.708. The van der Waals surface area contributed by atoms with E-state index in [1.807, 2.05) is 6.92 Å². The molecule has 0 unspecified atom stereocenters. The Morgan fingerprint density at radius 3 is 2.15 bits per heavy atom. The Hall–Kier alpha value is -2.98. The van der Waals surface area contributed by atoms with Crippen molar-refractivity contribution in [1.29, 1.82) is 0 Å². The number of nitrogens with one attached hydrogen (secondary N) is 1. The molecule has 0 saturated heterocycles. The zero-order chi connectivity index (χ0) is 29.4. The standard InChI is InChI=1S/C28H30Cl3N3O5S/c1-4-15-32-28(36)19(2)33(17-20-5-6-22(30)16-26(20)31)27(35)18-34(23-9-7-21(29)8-10-23)40(37,38)25-13-11-24(39-3)12-14-25/h5-14,16,19H,4,15,17-18H2,1-3H3,(H,32,36)/t19-/m1/s1. The summed E-state index contributed by atoms with van der Waals surface area (Å²) in [7, 11) is -2.75. The quantitative estimate of drug-likeness (QED) is 0.274. The van der Waals surface area contributed by atoms with Crippen LogP contribution in [0.15, 0.2) is 71.6 Å². The lowest BCUT2D eigenvalue weighted by Crippen LogP contribution is -2.51. The van der Waals surface area contributed by atoms with E-state index in [0.717, 1.165) is 4.31 Å². The second kappa shape index (κ2) is 14.1. The van der Waals surface area contributed by atoms with Gasteiger partial charge < -0.3 is 15.0 Å². The third-order valence-electron chi connectivity index (χ3n) is 6.11. The fourth-order valence-corrected chi connectivity index (χ4v) is 5.83. The number of rotatable bonds is 12. The first-order valence-corrected chi connectivity index (χ1v) is 15.0. The van der Waals surface area contributed by atoms with E-state index in [1.165, 1.54) is 66.6 Å². The summed E-state index contributed by atoms with van der Waals surface area (Å²) < 4.78 is 33.8. The Labute approximate surface area is 249 Å². The molecule has 0 aliphatic heterocycles. The highest BCUT2D eigenvalue weighted by Crippen LogP contribution is 2.28. The number of hydrogen-bond donors (Lipinski definition) is 1. The lowest BCUT2D eigenvalue weighted by molar-refractivity contribution is -0.139. The minimum absolute atomic E-state index is 0.0444. The van der Waals surface area contributed by atoms with Crippen molar-refractivity contribution in [3.05, 3.63) is 87.4 Å². The van der Waals surface area contributed by atoms with Crippen LogP contribution in [-0.4, -0.2) is 51.4 Å². The van der Waals surface area contributed by atoms with Crippen LogP contribution in [0.4, 0.5) is 5.69 Å². The Balaban J connectivity index is 2.03. The summed E-state index contributed by atoms with van der Waals surface area (Å²) in [5.41, 5.74) is 0.770. The molecule has 0 aliphatic carbocycles. The predicted octanol–water partition coefficient (Wildman–Crippen LogP) is 5.79. The van der Waals surface area contributed by atoms with Crippen molar-refractivity contribution in [3.63, 3.8) is 0 Å². The second-order valence-electron chi connectivity index (χ2n) is 8.89. The Bertz CT molecular complexity index is 1430. The minimum atomic E-state index is -4.22. The van der Waals surface area contributed by atoms with Gasteiger partial charge in [-0.05, 0) is 79.6 Å². The lowest BCUT2D eigenvalue weighted by Gasteiger charge is -2.32. The van der Waals surface area contributed by atoms with Gasteiger partial charge in [0.25, 0.3) is 10.0 Å². The molecule has 0 saturated carbocycles. The molecule has 3 aromatic rings. The number of methoxy groups -OCH3 is 1. The van der Waals surface area contributed by atoms with Crippen LogP contribution in [-0.2, 0) is 26.2 Å². The van der Waals surface area contributed by atoms with Crippen molar-refractivity contribution in [3.8, 4) is 5.75 Å². The van der Waals surface area contributed by atoms with E-state index in [2.05, 4.69) is 5.32 Å². The number of carbonyl (C=O) groups excluding carboxylic acids is 2. The number of sulfonamides is 1. The van der Waals surface area contributed by atoms with Crippen molar-refractivity contribution in [2.24, 2.45) is 0 Å². The lowest BCUT2D eigenvalue weighted by atomic mass is 10.1. The Morgan fingerprint density at radius 2 is 1.57 bits per heavy atom. The zero-order valence-corrected chi connectivity index (χ0v) is 25.3. The molecule has 214 valence electrons. The maximum absolute atomic E-state index is 13.9. The second-order valence-corrected chi connectivity index (χ2v) is 12.0. The summed E-state index contributed by atoms with van der Waals surface area (Å²) in [4.78, 5) is 28.1. The first-order chi connectivity index (χ1) is 19.0. The molecule has 0 heterocycles. The van der Waals surface area contributed by atoms with E-state index in [9.17, 15) is 18.0 Å². The number of benzene rings is 3. The van der Waals surface area contributed by atoms with Crippen LogP contribution in [0.3, 0.4) is 0 Å². The number of ether oxygens (including phenoxy) is 1. The van der Waals surface area contributed by atoms with Crippen LogP contribution in [0.1, 0.15) is 25.8 Å². The van der Waals surface area contributed by atoms with Gasteiger partial charge in [0, 0.05) is 28.2 Å². The van der Waals surface area contributed by atoms with Gasteiger partial charge in [-0.3, -0.25) is 13.9 Å². The molecule has 0 radical (unpaired) electrons. The molecule has 12 heteroatoms. The highest BCUT2D eigenvalue weighted by atomic mass is 35.5. The molecule has 0 bridgehead atoms. The fraction of sp³-hybridized carbons (Fsp3) is 0.286. The average Bonchev–Trinajstić information content (AvgIpc) is 2.94. The number of hydrogen-bond acceptors (Lipinski definition) is 5. The fourth-order valence-electron chi connectivity index (χ4n) is 3.82. The van der Waals surface area contributed by atoms with Crippen molar-refractivity contribution in [2.45, 2.75) is 37.8 Å². The maximum Gasteiger partial charge on any atom is 0.264 e. The van der Waals surface area contributed by atoms with Crippen LogP contribution < -0.4 is 14.4 Å². The first-order valence-electron chi connectivity index (χ1n) is 12.4. The molecule has 40 heavy (non-hydrogen) atoms. The van der Waals surface area contributed by atoms with Crippen molar-refractivity contribution >= 4 is 62.3 Å². The summed E-state index contributed by atoms with van der Waals surface area (Å²) >= 11 is 18.5. The number of carbonyl (C=O) groups is 2. The van der Waals surface area contributed by atoms with Gasteiger partial charge in [-0.25, -0.2) is 8.42 Å². The highest BCUT2D eigenvalue weighted by molar-refractivity contribution is 7.92. The normalized spacial score (nSPS) is 11.9. The van der Waals surface area contributed by atoms with Gasteiger partial charge in [0.05, 0.1) is 17.7 Å². The van der Waals surface area contributed by atoms with Gasteiger partial charge in [-0.15, -0.1) is 0 Å². The Morgan fingerprint density at radius 1 is 0.950 bits per heavy atom. The molecule has 3 rings (SSSR count). The minimum Gasteiger partial charge on any atom is -0.497 e. The molecule has 0 aliphatic rings. The number of nitrogens with zero attached hydrogens (tertiary/aromatic N) is 2. The number of anilines is 1. The van der Waals surface area contributed by atoms with E-state index < -0.39 is 28.5 Å². The number of halogens is 3.